The van der Waals surface area contributed by atoms with Crippen LogP contribution in [-0.4, -0.2) is 51.4 Å². The molecule has 3 heterocycles. The lowest BCUT2D eigenvalue weighted by molar-refractivity contribution is 0.0661. The third-order valence-electron chi connectivity index (χ3n) is 4.33. The van der Waals surface area contributed by atoms with Crippen LogP contribution in [-0.2, 0) is 16.0 Å². The monoisotopic (exact) mass is 378 g/mol. The third kappa shape index (κ3) is 3.09. The van der Waals surface area contributed by atoms with Gasteiger partial charge < -0.3 is 14.8 Å². The van der Waals surface area contributed by atoms with Crippen molar-refractivity contribution in [2.24, 2.45) is 0 Å². The normalized spacial score (nSPS) is 20.0. The second-order valence-electron chi connectivity index (χ2n) is 5.90. The highest BCUT2D eigenvalue weighted by atomic mass is 35.5. The van der Waals surface area contributed by atoms with Crippen molar-refractivity contribution in [1.29, 1.82) is 0 Å². The summed E-state index contributed by atoms with van der Waals surface area (Å²) < 4.78 is 26.7. The molecule has 0 radical (unpaired) electrons. The molecule has 1 aliphatic rings. The number of hydrogen-bond donors (Lipinski definition) is 1. The summed E-state index contributed by atoms with van der Waals surface area (Å²) in [5.74, 6) is -0.0634. The first-order valence-corrected chi connectivity index (χ1v) is 8.39. The predicted octanol–water partition coefficient (Wildman–Crippen LogP) is 2.21. The van der Waals surface area contributed by atoms with Crippen LogP contribution < -0.4 is 5.32 Å². The molecule has 136 valence electrons. The maximum Gasteiger partial charge on any atom is 0.168 e. The maximum absolute atomic E-state index is 14.1. The third-order valence-corrected chi connectivity index (χ3v) is 4.63. The van der Waals surface area contributed by atoms with E-state index in [0.29, 0.717) is 36.7 Å². The van der Waals surface area contributed by atoms with Gasteiger partial charge in [-0.05, 0) is 12.1 Å². The van der Waals surface area contributed by atoms with Gasteiger partial charge in [-0.25, -0.2) is 19.0 Å². The molecule has 10 heteroatoms. The van der Waals surface area contributed by atoms with Crippen LogP contribution in [0.25, 0.3) is 10.9 Å². The minimum atomic E-state index is -0.563. The van der Waals surface area contributed by atoms with E-state index in [1.54, 1.807) is 17.9 Å². The average molecular weight is 379 g/mol. The van der Waals surface area contributed by atoms with E-state index in [2.05, 4.69) is 25.6 Å². The molecule has 1 N–H and O–H groups in total. The molecule has 1 aromatic carbocycles. The lowest BCUT2D eigenvalue weighted by Crippen LogP contribution is -2.24. The van der Waals surface area contributed by atoms with Crippen molar-refractivity contribution in [3.05, 3.63) is 41.2 Å². The number of aromatic nitrogens is 5. The SMILES string of the molecule is CO[C@@H]1COC[C@H]1n1cc(CNc2ncnc3c(F)c(Cl)ccc23)nn1. The van der Waals surface area contributed by atoms with E-state index in [9.17, 15) is 4.39 Å². The van der Waals surface area contributed by atoms with E-state index < -0.39 is 5.82 Å². The smallest absolute Gasteiger partial charge is 0.168 e. The van der Waals surface area contributed by atoms with Crippen molar-refractivity contribution in [3.8, 4) is 0 Å². The fourth-order valence-electron chi connectivity index (χ4n) is 2.94. The fourth-order valence-corrected chi connectivity index (χ4v) is 3.09. The zero-order valence-corrected chi connectivity index (χ0v) is 14.6. The van der Waals surface area contributed by atoms with Gasteiger partial charge in [-0.15, -0.1) is 5.10 Å². The van der Waals surface area contributed by atoms with Crippen LogP contribution in [0, 0.1) is 5.82 Å². The molecule has 4 rings (SSSR count). The molecule has 1 fully saturated rings. The second kappa shape index (κ2) is 7.10. The van der Waals surface area contributed by atoms with E-state index in [1.165, 1.54) is 12.4 Å². The highest BCUT2D eigenvalue weighted by molar-refractivity contribution is 6.31. The Bertz CT molecular complexity index is 936. The molecule has 0 unspecified atom stereocenters. The maximum atomic E-state index is 14.1. The molecule has 2 aromatic heterocycles. The second-order valence-corrected chi connectivity index (χ2v) is 6.31. The largest absolute Gasteiger partial charge is 0.377 e. The molecule has 8 nitrogen and oxygen atoms in total. The molecule has 1 aliphatic heterocycles. The van der Waals surface area contributed by atoms with Gasteiger partial charge in [0.05, 0.1) is 31.0 Å². The van der Waals surface area contributed by atoms with Gasteiger partial charge in [0.2, 0.25) is 0 Å². The zero-order chi connectivity index (χ0) is 18.1. The summed E-state index contributed by atoms with van der Waals surface area (Å²) in [6, 6.07) is 3.16. The van der Waals surface area contributed by atoms with Gasteiger partial charge >= 0.3 is 0 Å². The van der Waals surface area contributed by atoms with Gasteiger partial charge in [0, 0.05) is 12.5 Å². The summed E-state index contributed by atoms with van der Waals surface area (Å²) in [4.78, 5) is 8.14. The Kier molecular flexibility index (Phi) is 4.66. The molecule has 26 heavy (non-hydrogen) atoms. The predicted molar refractivity (Wildman–Crippen MR) is 92.5 cm³/mol. The van der Waals surface area contributed by atoms with Gasteiger partial charge in [-0.2, -0.15) is 0 Å². The van der Waals surface area contributed by atoms with E-state index in [-0.39, 0.29) is 22.7 Å². The molecule has 0 spiro atoms. The molecule has 2 atom stereocenters. The lowest BCUT2D eigenvalue weighted by Gasteiger charge is -2.15. The van der Waals surface area contributed by atoms with Gasteiger partial charge in [0.15, 0.2) is 5.82 Å². The highest BCUT2D eigenvalue weighted by Gasteiger charge is 2.30. The van der Waals surface area contributed by atoms with Crippen LogP contribution in [0.3, 0.4) is 0 Å². The number of rotatable bonds is 5. The van der Waals surface area contributed by atoms with Crippen molar-refractivity contribution in [2.75, 3.05) is 25.6 Å². The minimum absolute atomic E-state index is 0.00244. The summed E-state index contributed by atoms with van der Waals surface area (Å²) >= 11 is 5.80. The Labute approximate surface area is 153 Å². The number of nitrogens with one attached hydrogen (secondary N) is 1. The van der Waals surface area contributed by atoms with Gasteiger partial charge in [0.1, 0.15) is 35.5 Å². The number of fused-ring (bicyclic) bond motifs is 1. The van der Waals surface area contributed by atoms with E-state index in [0.717, 1.165) is 0 Å². The minimum Gasteiger partial charge on any atom is -0.377 e. The molecule has 0 bridgehead atoms. The summed E-state index contributed by atoms with van der Waals surface area (Å²) in [6.07, 6.45) is 3.08. The van der Waals surface area contributed by atoms with Crippen LogP contribution in [0.15, 0.2) is 24.7 Å². The first-order valence-electron chi connectivity index (χ1n) is 8.01. The Hall–Kier alpha value is -2.36. The number of ether oxygens (including phenoxy) is 2. The van der Waals surface area contributed by atoms with Crippen LogP contribution in [0.4, 0.5) is 10.2 Å². The Morgan fingerprint density at radius 3 is 3.12 bits per heavy atom. The number of methoxy groups -OCH3 is 1. The average Bonchev–Trinajstić information content (AvgIpc) is 3.31. The number of benzene rings is 1. The first kappa shape index (κ1) is 17.1. The highest BCUT2D eigenvalue weighted by Crippen LogP contribution is 2.27. The van der Waals surface area contributed by atoms with Gasteiger partial charge in [-0.3, -0.25) is 0 Å². The van der Waals surface area contributed by atoms with Gasteiger partial charge in [-0.1, -0.05) is 16.8 Å². The summed E-state index contributed by atoms with van der Waals surface area (Å²) in [7, 11) is 1.65. The Morgan fingerprint density at radius 2 is 2.27 bits per heavy atom. The van der Waals surface area contributed by atoms with Crippen molar-refractivity contribution in [3.63, 3.8) is 0 Å². The molecular weight excluding hydrogens is 363 g/mol. The van der Waals surface area contributed by atoms with E-state index in [4.69, 9.17) is 21.1 Å². The lowest BCUT2D eigenvalue weighted by atomic mass is 10.2. The zero-order valence-electron chi connectivity index (χ0n) is 13.9. The van der Waals surface area contributed by atoms with E-state index >= 15 is 0 Å². The number of nitrogens with zero attached hydrogens (tertiary/aromatic N) is 5. The molecule has 0 amide bonds. The standard InChI is InChI=1S/C16H16ClFN6O2/c1-25-13-7-26-6-12(13)24-5-9(22-23-24)4-19-16-10-2-3-11(17)14(18)15(10)20-8-21-16/h2-3,5,8,12-13H,4,6-7H2,1H3,(H,19,20,21)/t12-,13-/m1/s1. The van der Waals surface area contributed by atoms with Gasteiger partial charge in [0.25, 0.3) is 0 Å². The van der Waals surface area contributed by atoms with Crippen LogP contribution in [0.2, 0.25) is 5.02 Å². The van der Waals surface area contributed by atoms with Crippen molar-refractivity contribution in [2.45, 2.75) is 18.7 Å². The molecule has 1 saturated heterocycles. The van der Waals surface area contributed by atoms with Crippen LogP contribution in [0.1, 0.15) is 11.7 Å². The molecule has 0 aliphatic carbocycles. The molecule has 0 saturated carbocycles. The van der Waals surface area contributed by atoms with Crippen molar-refractivity contribution >= 4 is 28.3 Å². The van der Waals surface area contributed by atoms with Crippen LogP contribution >= 0.6 is 11.6 Å². The summed E-state index contributed by atoms with van der Waals surface area (Å²) in [5.41, 5.74) is 0.887. The summed E-state index contributed by atoms with van der Waals surface area (Å²) in [6.45, 7) is 1.45. The Balaban J connectivity index is 1.52. The topological polar surface area (TPSA) is 87.0 Å². The number of hydrogen-bond acceptors (Lipinski definition) is 7. The van der Waals surface area contributed by atoms with E-state index in [1.807, 2.05) is 6.20 Å². The Morgan fingerprint density at radius 1 is 1.38 bits per heavy atom. The van der Waals surface area contributed by atoms with Crippen molar-refractivity contribution < 1.29 is 13.9 Å². The first-order chi connectivity index (χ1) is 12.7. The van der Waals surface area contributed by atoms with Crippen molar-refractivity contribution in [1.82, 2.24) is 25.0 Å². The number of anilines is 1. The fraction of sp³-hybridized carbons (Fsp3) is 0.375. The number of halogens is 2. The van der Waals surface area contributed by atoms with Crippen LogP contribution in [0.5, 0.6) is 0 Å². The molecular formula is C16H16ClFN6O2. The quantitative estimate of drug-likeness (QED) is 0.728. The summed E-state index contributed by atoms with van der Waals surface area (Å²) in [5, 5.41) is 12.0. The molecule has 3 aromatic rings.